The first-order valence-electron chi connectivity index (χ1n) is 8.78. The monoisotopic (exact) mass is 379 g/mol. The fourth-order valence-corrected chi connectivity index (χ4v) is 4.31. The van der Waals surface area contributed by atoms with Crippen LogP contribution in [0.15, 0.2) is 18.2 Å². The van der Waals surface area contributed by atoms with Crippen LogP contribution < -0.4 is 9.47 Å². The quantitative estimate of drug-likeness (QED) is 0.707. The summed E-state index contributed by atoms with van der Waals surface area (Å²) in [6, 6.07) is 5.80. The highest BCUT2D eigenvalue weighted by Gasteiger charge is 2.33. The minimum atomic E-state index is -0.245. The zero-order valence-electron chi connectivity index (χ0n) is 15.4. The van der Waals surface area contributed by atoms with E-state index in [-0.39, 0.29) is 29.3 Å². The average Bonchev–Trinajstić information content (AvgIpc) is 3.20. The molecule has 2 aliphatic heterocycles. The van der Waals surface area contributed by atoms with E-state index in [2.05, 4.69) is 4.74 Å². The average molecular weight is 379 g/mol. The number of likely N-dealkylation sites (tertiary alicyclic amines) is 1. The number of nitrogens with zero attached hydrogens (tertiary/aromatic N) is 1. The highest BCUT2D eigenvalue weighted by atomic mass is 32.2. The second-order valence-electron chi connectivity index (χ2n) is 7.21. The Morgan fingerprint density at radius 3 is 2.96 bits per heavy atom. The molecule has 6 nitrogen and oxygen atoms in total. The maximum atomic E-state index is 12.4. The number of ether oxygens (including phenoxy) is 3. The predicted molar refractivity (Wildman–Crippen MR) is 99.8 cm³/mol. The molecule has 1 amide bonds. The Hall–Kier alpha value is -1.89. The molecular formula is C19H25NO5S. The molecule has 1 aromatic carbocycles. The van der Waals surface area contributed by atoms with Crippen LogP contribution >= 0.6 is 11.8 Å². The van der Waals surface area contributed by atoms with E-state index in [4.69, 9.17) is 9.47 Å². The van der Waals surface area contributed by atoms with Crippen LogP contribution in [0.5, 0.6) is 11.5 Å². The van der Waals surface area contributed by atoms with Crippen LogP contribution in [0.3, 0.4) is 0 Å². The van der Waals surface area contributed by atoms with Crippen LogP contribution in [0, 0.1) is 0 Å². The van der Waals surface area contributed by atoms with Crippen LogP contribution in [-0.4, -0.2) is 60.2 Å². The van der Waals surface area contributed by atoms with Crippen molar-refractivity contribution in [3.8, 4) is 11.5 Å². The van der Waals surface area contributed by atoms with Gasteiger partial charge in [-0.05, 0) is 26.3 Å². The smallest absolute Gasteiger partial charge is 0.315 e. The molecule has 0 N–H and O–H groups in total. The second kappa shape index (κ2) is 7.78. The van der Waals surface area contributed by atoms with Gasteiger partial charge in [-0.15, -0.1) is 11.8 Å². The molecule has 0 aliphatic carbocycles. The third kappa shape index (κ3) is 4.44. The number of para-hydroxylation sites is 1. The SMILES string of the molecule is COC(=O)CS[C@H]1CCN(C(=O)COc2cccc3c2OC(C)(C)C3)C1. The maximum absolute atomic E-state index is 12.4. The van der Waals surface area contributed by atoms with Crippen LogP contribution in [0.4, 0.5) is 0 Å². The van der Waals surface area contributed by atoms with Gasteiger partial charge in [0.15, 0.2) is 18.1 Å². The van der Waals surface area contributed by atoms with E-state index >= 15 is 0 Å². The summed E-state index contributed by atoms with van der Waals surface area (Å²) in [6.45, 7) is 5.41. The molecule has 3 rings (SSSR count). The van der Waals surface area contributed by atoms with Gasteiger partial charge in [0.25, 0.3) is 5.91 Å². The Morgan fingerprint density at radius 2 is 2.19 bits per heavy atom. The number of amides is 1. The van der Waals surface area contributed by atoms with Gasteiger partial charge in [0, 0.05) is 30.3 Å². The topological polar surface area (TPSA) is 65.1 Å². The molecular weight excluding hydrogens is 354 g/mol. The summed E-state index contributed by atoms with van der Waals surface area (Å²) in [5.74, 6) is 1.42. The molecule has 0 bridgehead atoms. The van der Waals surface area contributed by atoms with Gasteiger partial charge >= 0.3 is 5.97 Å². The number of esters is 1. The zero-order valence-corrected chi connectivity index (χ0v) is 16.3. The summed E-state index contributed by atoms with van der Waals surface area (Å²) in [5, 5.41) is 0.267. The van der Waals surface area contributed by atoms with Gasteiger partial charge in [0.2, 0.25) is 0 Å². The lowest BCUT2D eigenvalue weighted by atomic mass is 10.0. The van der Waals surface area contributed by atoms with Crippen molar-refractivity contribution >= 4 is 23.6 Å². The van der Waals surface area contributed by atoms with Crippen LogP contribution in [0.2, 0.25) is 0 Å². The number of fused-ring (bicyclic) bond motifs is 1. The number of hydrogen-bond acceptors (Lipinski definition) is 6. The fraction of sp³-hybridized carbons (Fsp3) is 0.579. The lowest BCUT2D eigenvalue weighted by molar-refractivity contribution is -0.137. The van der Waals surface area contributed by atoms with Gasteiger partial charge < -0.3 is 19.1 Å². The van der Waals surface area contributed by atoms with Gasteiger partial charge in [0.05, 0.1) is 12.9 Å². The second-order valence-corrected chi connectivity index (χ2v) is 8.50. The predicted octanol–water partition coefficient (Wildman–Crippen LogP) is 2.29. The van der Waals surface area contributed by atoms with Crippen molar-refractivity contribution in [1.29, 1.82) is 0 Å². The fourth-order valence-electron chi connectivity index (χ4n) is 3.27. The molecule has 2 heterocycles. The van der Waals surface area contributed by atoms with Crippen molar-refractivity contribution in [1.82, 2.24) is 4.90 Å². The van der Waals surface area contributed by atoms with E-state index < -0.39 is 0 Å². The minimum absolute atomic E-state index is 0.00533. The van der Waals surface area contributed by atoms with Crippen molar-refractivity contribution in [2.75, 3.05) is 32.6 Å². The first kappa shape index (κ1) is 18.9. The lowest BCUT2D eigenvalue weighted by Gasteiger charge is -2.19. The normalized spacial score (nSPS) is 20.4. The maximum Gasteiger partial charge on any atom is 0.315 e. The Balaban J connectivity index is 1.50. The summed E-state index contributed by atoms with van der Waals surface area (Å²) < 4.78 is 16.4. The zero-order chi connectivity index (χ0) is 18.7. The molecule has 0 unspecified atom stereocenters. The van der Waals surface area contributed by atoms with Gasteiger partial charge in [-0.25, -0.2) is 0 Å². The third-order valence-corrected chi connectivity index (χ3v) is 5.83. The molecule has 26 heavy (non-hydrogen) atoms. The first-order chi connectivity index (χ1) is 12.4. The van der Waals surface area contributed by atoms with Crippen molar-refractivity contribution in [2.45, 2.75) is 37.5 Å². The van der Waals surface area contributed by atoms with Crippen molar-refractivity contribution in [3.05, 3.63) is 23.8 Å². The molecule has 1 aromatic rings. The number of methoxy groups -OCH3 is 1. The molecule has 0 saturated carbocycles. The van der Waals surface area contributed by atoms with Crippen LogP contribution in [0.25, 0.3) is 0 Å². The molecule has 7 heteroatoms. The summed E-state index contributed by atoms with van der Waals surface area (Å²) in [6.07, 6.45) is 1.71. The van der Waals surface area contributed by atoms with E-state index in [0.717, 1.165) is 24.2 Å². The lowest BCUT2D eigenvalue weighted by Crippen LogP contribution is -2.33. The van der Waals surface area contributed by atoms with Gasteiger partial charge in [-0.1, -0.05) is 12.1 Å². The Labute approximate surface area is 158 Å². The van der Waals surface area contributed by atoms with Crippen LogP contribution in [-0.2, 0) is 20.7 Å². The standard InChI is InChI=1S/C19H25NO5S/c1-19(2)9-13-5-4-6-15(18(13)25-19)24-11-16(21)20-8-7-14(10-20)26-12-17(22)23-3/h4-6,14H,7-12H2,1-3H3/t14-/m0/s1. The molecule has 1 fully saturated rings. The summed E-state index contributed by atoms with van der Waals surface area (Å²) in [5.41, 5.74) is 0.866. The molecule has 1 atom stereocenters. The van der Waals surface area contributed by atoms with E-state index in [1.165, 1.54) is 18.9 Å². The van der Waals surface area contributed by atoms with E-state index in [9.17, 15) is 9.59 Å². The van der Waals surface area contributed by atoms with Crippen LogP contribution in [0.1, 0.15) is 25.8 Å². The van der Waals surface area contributed by atoms with Crippen molar-refractivity contribution in [3.63, 3.8) is 0 Å². The number of rotatable bonds is 6. The summed E-state index contributed by atoms with van der Waals surface area (Å²) >= 11 is 1.54. The van der Waals surface area contributed by atoms with E-state index in [1.54, 1.807) is 4.90 Å². The number of benzene rings is 1. The summed E-state index contributed by atoms with van der Waals surface area (Å²) in [4.78, 5) is 25.5. The largest absolute Gasteiger partial charge is 0.483 e. The highest BCUT2D eigenvalue weighted by Crippen LogP contribution is 2.41. The number of hydrogen-bond donors (Lipinski definition) is 0. The molecule has 0 aromatic heterocycles. The van der Waals surface area contributed by atoms with Crippen molar-refractivity contribution < 1.29 is 23.8 Å². The van der Waals surface area contributed by atoms with Gasteiger partial charge in [0.1, 0.15) is 5.60 Å². The minimum Gasteiger partial charge on any atom is -0.483 e. The molecule has 142 valence electrons. The highest BCUT2D eigenvalue weighted by molar-refractivity contribution is 8.00. The Bertz CT molecular complexity index is 691. The molecule has 0 radical (unpaired) electrons. The Kier molecular flexibility index (Phi) is 5.65. The van der Waals surface area contributed by atoms with Crippen molar-refractivity contribution in [2.24, 2.45) is 0 Å². The van der Waals surface area contributed by atoms with Gasteiger partial charge in [-0.2, -0.15) is 0 Å². The molecule has 2 aliphatic rings. The molecule has 0 spiro atoms. The molecule has 1 saturated heterocycles. The number of thioether (sulfide) groups is 1. The number of carbonyl (C=O) groups is 2. The summed E-state index contributed by atoms with van der Waals surface area (Å²) in [7, 11) is 1.38. The number of carbonyl (C=O) groups excluding carboxylic acids is 2. The van der Waals surface area contributed by atoms with E-state index in [0.29, 0.717) is 24.6 Å². The Morgan fingerprint density at radius 1 is 1.38 bits per heavy atom. The first-order valence-corrected chi connectivity index (χ1v) is 9.83. The van der Waals surface area contributed by atoms with E-state index in [1.807, 2.05) is 32.0 Å². The van der Waals surface area contributed by atoms with Gasteiger partial charge in [-0.3, -0.25) is 9.59 Å². The third-order valence-electron chi connectivity index (χ3n) is 4.57.